The van der Waals surface area contributed by atoms with Crippen molar-refractivity contribution in [2.75, 3.05) is 13.2 Å². The molecule has 0 aromatic carbocycles. The van der Waals surface area contributed by atoms with Gasteiger partial charge >= 0.3 is 11.9 Å². The molecular weight excluding hydrogens is 410 g/mol. The quantitative estimate of drug-likeness (QED) is 0.124. The molecule has 0 rings (SSSR count). The third-order valence-corrected chi connectivity index (χ3v) is 3.65. The third-order valence-electron chi connectivity index (χ3n) is 3.65. The molecule has 30 heavy (non-hydrogen) atoms. The lowest BCUT2D eigenvalue weighted by molar-refractivity contribution is -0.144. The molecule has 0 aliphatic heterocycles. The lowest BCUT2D eigenvalue weighted by Crippen LogP contribution is -2.58. The monoisotopic (exact) mass is 435 g/mol. The summed E-state index contributed by atoms with van der Waals surface area (Å²) in [6.45, 7) is -1.75. The molecule has 0 aliphatic rings. The molecule has 0 saturated heterocycles. The van der Waals surface area contributed by atoms with Gasteiger partial charge in [0.25, 0.3) is 0 Å². The maximum Gasteiger partial charge on any atom is 0.328 e. The molecule has 0 aromatic heterocycles. The molecule has 0 spiro atoms. The molecule has 170 valence electrons. The number of carboxylic acids is 2. The molecule has 15 nitrogen and oxygen atoms in total. The van der Waals surface area contributed by atoms with Crippen molar-refractivity contribution in [3.63, 3.8) is 0 Å². The van der Waals surface area contributed by atoms with Gasteiger partial charge in [-0.2, -0.15) is 0 Å². The minimum atomic E-state index is -1.71. The number of rotatable bonds is 14. The summed E-state index contributed by atoms with van der Waals surface area (Å²) in [5.41, 5.74) is 10.3. The Bertz CT molecular complexity index is 670. The number of nitrogens with one attached hydrogen (secondary N) is 3. The fraction of sp³-hybridized carbons (Fsp3) is 0.600. The van der Waals surface area contributed by atoms with Crippen LogP contribution in [0.15, 0.2) is 0 Å². The Morgan fingerprint density at radius 2 is 1.27 bits per heavy atom. The zero-order valence-corrected chi connectivity index (χ0v) is 15.7. The maximum absolute atomic E-state index is 12.4. The van der Waals surface area contributed by atoms with E-state index in [2.05, 4.69) is 5.32 Å². The number of aliphatic hydroxyl groups is 2. The van der Waals surface area contributed by atoms with Crippen LogP contribution in [0.5, 0.6) is 0 Å². The Kier molecular flexibility index (Phi) is 11.6. The number of amides is 4. The molecule has 4 amide bonds. The van der Waals surface area contributed by atoms with E-state index in [0.717, 1.165) is 0 Å². The predicted molar refractivity (Wildman–Crippen MR) is 96.3 cm³/mol. The predicted octanol–water partition coefficient (Wildman–Crippen LogP) is -5.42. The first-order valence-electron chi connectivity index (χ1n) is 8.54. The first kappa shape index (κ1) is 26.7. The van der Waals surface area contributed by atoms with Crippen LogP contribution in [0.3, 0.4) is 0 Å². The number of carbonyl (C=O) groups is 6. The highest BCUT2D eigenvalue weighted by Gasteiger charge is 2.31. The van der Waals surface area contributed by atoms with Gasteiger partial charge in [-0.3, -0.25) is 24.0 Å². The van der Waals surface area contributed by atoms with Gasteiger partial charge in [-0.05, 0) is 6.42 Å². The second kappa shape index (κ2) is 13.0. The Hall–Kier alpha value is -3.30. The van der Waals surface area contributed by atoms with E-state index in [4.69, 9.17) is 31.9 Å². The van der Waals surface area contributed by atoms with E-state index < -0.39 is 85.8 Å². The van der Waals surface area contributed by atoms with Crippen LogP contribution in [0.2, 0.25) is 0 Å². The van der Waals surface area contributed by atoms with Crippen LogP contribution in [0.1, 0.15) is 19.3 Å². The van der Waals surface area contributed by atoms with E-state index in [1.165, 1.54) is 0 Å². The van der Waals surface area contributed by atoms with Gasteiger partial charge in [-0.15, -0.1) is 0 Å². The van der Waals surface area contributed by atoms with Crippen molar-refractivity contribution in [2.24, 2.45) is 11.5 Å². The van der Waals surface area contributed by atoms with Crippen LogP contribution < -0.4 is 27.4 Å². The molecule has 0 aromatic rings. The van der Waals surface area contributed by atoms with Gasteiger partial charge in [0, 0.05) is 6.42 Å². The largest absolute Gasteiger partial charge is 0.481 e. The van der Waals surface area contributed by atoms with Crippen LogP contribution in [0.25, 0.3) is 0 Å². The third kappa shape index (κ3) is 9.76. The molecule has 0 aliphatic carbocycles. The minimum Gasteiger partial charge on any atom is -0.481 e. The van der Waals surface area contributed by atoms with E-state index in [9.17, 15) is 28.8 Å². The first-order chi connectivity index (χ1) is 13.9. The SMILES string of the molecule is NC(=O)CCC(NC(=O)C(CC(=O)O)NC(=O)C(N)CO)C(=O)NC(CO)C(=O)O. The van der Waals surface area contributed by atoms with Crippen LogP contribution >= 0.6 is 0 Å². The Morgan fingerprint density at radius 1 is 0.767 bits per heavy atom. The van der Waals surface area contributed by atoms with E-state index in [1.54, 1.807) is 0 Å². The normalized spacial score (nSPS) is 14.5. The van der Waals surface area contributed by atoms with Crippen molar-refractivity contribution in [3.05, 3.63) is 0 Å². The van der Waals surface area contributed by atoms with Gasteiger partial charge in [0.05, 0.1) is 19.6 Å². The van der Waals surface area contributed by atoms with Crippen LogP contribution in [-0.2, 0) is 28.8 Å². The van der Waals surface area contributed by atoms with Gasteiger partial charge in [0.2, 0.25) is 23.6 Å². The number of carbonyl (C=O) groups excluding carboxylic acids is 4. The number of aliphatic hydroxyl groups excluding tert-OH is 2. The van der Waals surface area contributed by atoms with Crippen molar-refractivity contribution in [1.82, 2.24) is 16.0 Å². The smallest absolute Gasteiger partial charge is 0.328 e. The molecular formula is C15H25N5O10. The maximum atomic E-state index is 12.4. The fourth-order valence-corrected chi connectivity index (χ4v) is 2.03. The molecule has 0 radical (unpaired) electrons. The highest BCUT2D eigenvalue weighted by atomic mass is 16.4. The second-order valence-electron chi connectivity index (χ2n) is 6.10. The van der Waals surface area contributed by atoms with Crippen LogP contribution in [0.4, 0.5) is 0 Å². The minimum absolute atomic E-state index is 0.380. The Labute approximate surface area is 169 Å². The fourth-order valence-electron chi connectivity index (χ4n) is 2.03. The van der Waals surface area contributed by atoms with Gasteiger partial charge < -0.3 is 47.8 Å². The van der Waals surface area contributed by atoms with E-state index in [0.29, 0.717) is 0 Å². The zero-order chi connectivity index (χ0) is 23.4. The average Bonchev–Trinajstić information content (AvgIpc) is 2.66. The first-order valence-corrected chi connectivity index (χ1v) is 8.54. The van der Waals surface area contributed by atoms with Crippen molar-refractivity contribution in [2.45, 2.75) is 43.4 Å². The standard InChI is InChI=1S/C15H25N5O10/c16-6(4-21)12(26)19-8(3-11(24)25)14(28)18-7(1-2-10(17)23)13(27)20-9(5-22)15(29)30/h6-9,21-22H,1-5,16H2,(H2,17,23)(H,18,28)(H,19,26)(H,20,27)(H,24,25)(H,29,30). The summed E-state index contributed by atoms with van der Waals surface area (Å²) in [6.07, 6.45) is -1.69. The lowest BCUT2D eigenvalue weighted by Gasteiger charge is -2.24. The number of hydrogen-bond donors (Lipinski definition) is 9. The molecule has 0 saturated carbocycles. The molecule has 4 atom stereocenters. The number of nitrogens with two attached hydrogens (primary N) is 2. The number of carboxylic acid groups (broad SMARTS) is 2. The molecule has 15 heteroatoms. The number of primary amides is 1. The lowest BCUT2D eigenvalue weighted by atomic mass is 10.1. The van der Waals surface area contributed by atoms with Crippen LogP contribution in [0, 0.1) is 0 Å². The topological polar surface area (TPSA) is 271 Å². The average molecular weight is 435 g/mol. The van der Waals surface area contributed by atoms with E-state index >= 15 is 0 Å². The van der Waals surface area contributed by atoms with Crippen molar-refractivity contribution in [1.29, 1.82) is 0 Å². The summed E-state index contributed by atoms with van der Waals surface area (Å²) in [5.74, 6) is -7.20. The number of hydrogen-bond acceptors (Lipinski definition) is 9. The summed E-state index contributed by atoms with van der Waals surface area (Å²) in [5, 5.41) is 41.7. The van der Waals surface area contributed by atoms with Gasteiger partial charge in [-0.25, -0.2) is 4.79 Å². The van der Waals surface area contributed by atoms with Crippen molar-refractivity contribution < 1.29 is 49.2 Å². The second-order valence-corrected chi connectivity index (χ2v) is 6.10. The van der Waals surface area contributed by atoms with E-state index in [1.807, 2.05) is 10.6 Å². The van der Waals surface area contributed by atoms with Crippen LogP contribution in [-0.4, -0.2) is 93.4 Å². The highest BCUT2D eigenvalue weighted by Crippen LogP contribution is 2.02. The molecule has 0 heterocycles. The Balaban J connectivity index is 5.45. The summed E-state index contributed by atoms with van der Waals surface area (Å²) in [6, 6.07) is -6.39. The summed E-state index contributed by atoms with van der Waals surface area (Å²) >= 11 is 0. The van der Waals surface area contributed by atoms with Gasteiger partial charge in [0.15, 0.2) is 0 Å². The molecule has 0 fully saturated rings. The summed E-state index contributed by atoms with van der Waals surface area (Å²) in [4.78, 5) is 69.4. The van der Waals surface area contributed by atoms with E-state index in [-0.39, 0.29) is 6.42 Å². The van der Waals surface area contributed by atoms with Crippen molar-refractivity contribution in [3.8, 4) is 0 Å². The van der Waals surface area contributed by atoms with Crippen molar-refractivity contribution >= 4 is 35.6 Å². The number of aliphatic carboxylic acids is 2. The Morgan fingerprint density at radius 3 is 1.70 bits per heavy atom. The summed E-state index contributed by atoms with van der Waals surface area (Å²) < 4.78 is 0. The summed E-state index contributed by atoms with van der Waals surface area (Å²) in [7, 11) is 0. The highest BCUT2D eigenvalue weighted by molar-refractivity contribution is 5.95. The zero-order valence-electron chi connectivity index (χ0n) is 15.7. The molecule has 11 N–H and O–H groups in total. The molecule has 4 unspecified atom stereocenters. The van der Waals surface area contributed by atoms with Gasteiger partial charge in [-0.1, -0.05) is 0 Å². The van der Waals surface area contributed by atoms with Gasteiger partial charge in [0.1, 0.15) is 24.2 Å². The molecule has 0 bridgehead atoms.